The Labute approximate surface area is 85.8 Å². The van der Waals surface area contributed by atoms with Gasteiger partial charge in [-0.3, -0.25) is 0 Å². The Kier molecular flexibility index (Phi) is 2.07. The summed E-state index contributed by atoms with van der Waals surface area (Å²) in [7, 11) is 0. The van der Waals surface area contributed by atoms with Gasteiger partial charge in [0.05, 0.1) is 11.8 Å². The lowest BCUT2D eigenvalue weighted by molar-refractivity contribution is 0.0691. The maximum absolute atomic E-state index is 10.6. The quantitative estimate of drug-likeness (QED) is 0.787. The summed E-state index contributed by atoms with van der Waals surface area (Å²) in [5.74, 6) is 0.989. The topological polar surface area (TPSA) is 79.1 Å². The molecule has 0 aliphatic rings. The Balaban J connectivity index is 2.45. The summed E-state index contributed by atoms with van der Waals surface area (Å²) in [5.41, 5.74) is 0.864. The molecule has 15 heavy (non-hydrogen) atoms. The smallest absolute Gasteiger partial charge is 0.353 e. The van der Waals surface area contributed by atoms with Crippen LogP contribution in [0.5, 0.6) is 0 Å². The van der Waals surface area contributed by atoms with E-state index in [0.717, 1.165) is 17.1 Å². The third-order valence-corrected chi connectivity index (χ3v) is 2.10. The van der Waals surface area contributed by atoms with Crippen LogP contribution in [0.4, 0.5) is 0 Å². The van der Waals surface area contributed by atoms with Crippen LogP contribution in [0, 0.1) is 13.8 Å². The Morgan fingerprint density at radius 3 is 2.73 bits per heavy atom. The van der Waals surface area contributed by atoms with Crippen molar-refractivity contribution >= 4 is 5.97 Å². The lowest BCUT2D eigenvalue weighted by atomic mass is 10.2. The maximum Gasteiger partial charge on any atom is 0.353 e. The summed E-state index contributed by atoms with van der Waals surface area (Å²) in [4.78, 5) is 17.3. The fourth-order valence-electron chi connectivity index (χ4n) is 1.43. The summed E-state index contributed by atoms with van der Waals surface area (Å²) in [6, 6.07) is 1.82. The number of aromatic carboxylic acids is 1. The van der Waals surface area contributed by atoms with Gasteiger partial charge in [-0.05, 0) is 19.9 Å². The second-order valence-corrected chi connectivity index (χ2v) is 3.28. The molecule has 0 aliphatic heterocycles. The van der Waals surface area contributed by atoms with Gasteiger partial charge in [0.25, 0.3) is 0 Å². The average molecular weight is 206 g/mol. The molecule has 2 heterocycles. The summed E-state index contributed by atoms with van der Waals surface area (Å²) in [6.07, 6.45) is 1.29. The second kappa shape index (κ2) is 3.27. The Morgan fingerprint density at radius 1 is 1.53 bits per heavy atom. The van der Waals surface area contributed by atoms with Gasteiger partial charge in [0.15, 0.2) is 0 Å². The van der Waals surface area contributed by atoms with Crippen LogP contribution in [0.15, 0.2) is 16.7 Å². The van der Waals surface area contributed by atoms with Gasteiger partial charge in [0.2, 0.25) is 0 Å². The highest BCUT2D eigenvalue weighted by atomic mass is 16.4. The standard InChI is InChI=1S/C10H10N2O3/c1-5-3-7(6(2)15-5)9-11-4-8(12-9)10(13)14/h3-4H,1-2H3,(H,11,12)(H,13,14). The summed E-state index contributed by atoms with van der Waals surface area (Å²) in [6.45, 7) is 3.64. The van der Waals surface area contributed by atoms with Crippen molar-refractivity contribution in [2.45, 2.75) is 13.8 Å². The number of H-pyrrole nitrogens is 1. The zero-order valence-electron chi connectivity index (χ0n) is 8.37. The first-order chi connectivity index (χ1) is 7.08. The normalized spacial score (nSPS) is 10.5. The molecule has 0 atom stereocenters. The van der Waals surface area contributed by atoms with Crippen LogP contribution in [-0.2, 0) is 0 Å². The van der Waals surface area contributed by atoms with E-state index >= 15 is 0 Å². The highest BCUT2D eigenvalue weighted by molar-refractivity contribution is 5.85. The van der Waals surface area contributed by atoms with Gasteiger partial charge in [-0.25, -0.2) is 9.78 Å². The van der Waals surface area contributed by atoms with Crippen LogP contribution < -0.4 is 0 Å². The van der Waals surface area contributed by atoms with Crippen molar-refractivity contribution in [2.24, 2.45) is 0 Å². The van der Waals surface area contributed by atoms with E-state index in [2.05, 4.69) is 9.97 Å². The third kappa shape index (κ3) is 1.63. The number of rotatable bonds is 2. The lowest BCUT2D eigenvalue weighted by Gasteiger charge is -1.91. The van der Waals surface area contributed by atoms with Gasteiger partial charge in [0.1, 0.15) is 23.0 Å². The van der Waals surface area contributed by atoms with Crippen molar-refractivity contribution in [1.29, 1.82) is 0 Å². The first-order valence-electron chi connectivity index (χ1n) is 4.43. The molecule has 0 bridgehead atoms. The molecule has 2 N–H and O–H groups in total. The van der Waals surface area contributed by atoms with Gasteiger partial charge in [-0.1, -0.05) is 0 Å². The molecule has 78 valence electrons. The number of nitrogens with one attached hydrogen (secondary N) is 1. The largest absolute Gasteiger partial charge is 0.477 e. The molecule has 0 fully saturated rings. The van der Waals surface area contributed by atoms with E-state index in [-0.39, 0.29) is 5.69 Å². The van der Waals surface area contributed by atoms with Crippen molar-refractivity contribution in [3.05, 3.63) is 29.5 Å². The molecule has 2 rings (SSSR count). The third-order valence-electron chi connectivity index (χ3n) is 2.10. The van der Waals surface area contributed by atoms with Crippen LogP contribution in [0.1, 0.15) is 22.0 Å². The number of furan rings is 1. The lowest BCUT2D eigenvalue weighted by Crippen LogP contribution is -1.95. The molecule has 2 aromatic heterocycles. The minimum atomic E-state index is -1.02. The first-order valence-corrected chi connectivity index (χ1v) is 4.43. The fraction of sp³-hybridized carbons (Fsp3) is 0.200. The molecule has 0 aromatic carbocycles. The van der Waals surface area contributed by atoms with Crippen LogP contribution in [0.25, 0.3) is 11.4 Å². The van der Waals surface area contributed by atoms with E-state index in [9.17, 15) is 4.79 Å². The van der Waals surface area contributed by atoms with Crippen LogP contribution in [0.3, 0.4) is 0 Å². The molecule has 0 unspecified atom stereocenters. The zero-order chi connectivity index (χ0) is 11.0. The van der Waals surface area contributed by atoms with E-state index in [0.29, 0.717) is 5.82 Å². The number of aromatic amines is 1. The Bertz CT molecular complexity index is 510. The summed E-state index contributed by atoms with van der Waals surface area (Å²) in [5, 5.41) is 8.72. The van der Waals surface area contributed by atoms with Crippen molar-refractivity contribution in [3.8, 4) is 11.4 Å². The highest BCUT2D eigenvalue weighted by Crippen LogP contribution is 2.23. The number of carbonyl (C=O) groups is 1. The van der Waals surface area contributed by atoms with Crippen molar-refractivity contribution < 1.29 is 14.3 Å². The highest BCUT2D eigenvalue weighted by Gasteiger charge is 2.13. The van der Waals surface area contributed by atoms with Crippen molar-refractivity contribution in [2.75, 3.05) is 0 Å². The molecular formula is C10H10N2O3. The minimum Gasteiger partial charge on any atom is -0.477 e. The van der Waals surface area contributed by atoms with Gasteiger partial charge < -0.3 is 14.5 Å². The maximum atomic E-state index is 10.6. The molecule has 0 aliphatic carbocycles. The van der Waals surface area contributed by atoms with Gasteiger partial charge in [-0.2, -0.15) is 0 Å². The van der Waals surface area contributed by atoms with Gasteiger partial charge in [-0.15, -0.1) is 0 Å². The number of nitrogens with zero attached hydrogens (tertiary/aromatic N) is 1. The molecule has 2 aromatic rings. The summed E-state index contributed by atoms with van der Waals surface area (Å²) < 4.78 is 5.33. The van der Waals surface area contributed by atoms with Crippen LogP contribution >= 0.6 is 0 Å². The molecule has 0 amide bonds. The number of carboxylic acid groups (broad SMARTS) is 1. The molecule has 0 saturated carbocycles. The number of aryl methyl sites for hydroxylation is 2. The van der Waals surface area contributed by atoms with E-state index in [1.54, 1.807) is 0 Å². The second-order valence-electron chi connectivity index (χ2n) is 3.28. The van der Waals surface area contributed by atoms with Crippen molar-refractivity contribution in [1.82, 2.24) is 9.97 Å². The van der Waals surface area contributed by atoms with Crippen molar-refractivity contribution in [3.63, 3.8) is 0 Å². The Morgan fingerprint density at radius 2 is 2.27 bits per heavy atom. The minimum absolute atomic E-state index is 0.0725. The van der Waals surface area contributed by atoms with Gasteiger partial charge >= 0.3 is 5.97 Å². The molecule has 5 heteroatoms. The van der Waals surface area contributed by atoms with Crippen LogP contribution in [-0.4, -0.2) is 21.0 Å². The SMILES string of the molecule is Cc1cc(-c2ncc(C(=O)O)[nH]2)c(C)o1. The number of carboxylic acids is 1. The van der Waals surface area contributed by atoms with E-state index < -0.39 is 5.97 Å². The average Bonchev–Trinajstić information content (AvgIpc) is 2.71. The molecular weight excluding hydrogens is 196 g/mol. The number of hydrogen-bond acceptors (Lipinski definition) is 3. The molecule has 0 spiro atoms. The predicted octanol–water partition coefficient (Wildman–Crippen LogP) is 1.98. The van der Waals surface area contributed by atoms with Gasteiger partial charge in [0, 0.05) is 0 Å². The summed E-state index contributed by atoms with van der Waals surface area (Å²) >= 11 is 0. The molecule has 0 radical (unpaired) electrons. The van der Waals surface area contributed by atoms with E-state index in [1.807, 2.05) is 19.9 Å². The van der Waals surface area contributed by atoms with E-state index in [1.165, 1.54) is 6.20 Å². The monoisotopic (exact) mass is 206 g/mol. The Hall–Kier alpha value is -2.04. The first kappa shape index (κ1) is 9.51. The van der Waals surface area contributed by atoms with E-state index in [4.69, 9.17) is 9.52 Å². The zero-order valence-corrected chi connectivity index (χ0v) is 8.37. The fourth-order valence-corrected chi connectivity index (χ4v) is 1.43. The number of imidazole rings is 1. The molecule has 0 saturated heterocycles. The van der Waals surface area contributed by atoms with Crippen LogP contribution in [0.2, 0.25) is 0 Å². The predicted molar refractivity (Wildman–Crippen MR) is 52.7 cm³/mol. The number of aromatic nitrogens is 2. The number of hydrogen-bond donors (Lipinski definition) is 2. The molecule has 5 nitrogen and oxygen atoms in total.